The lowest BCUT2D eigenvalue weighted by Gasteiger charge is -2.24. The van der Waals surface area contributed by atoms with Gasteiger partial charge in [0.2, 0.25) is 0 Å². The van der Waals surface area contributed by atoms with Gasteiger partial charge in [-0.1, -0.05) is 0 Å². The van der Waals surface area contributed by atoms with Crippen LogP contribution in [-0.2, 0) is 19.0 Å². The van der Waals surface area contributed by atoms with Gasteiger partial charge in [0.05, 0.1) is 32.5 Å². The normalized spacial score (nSPS) is 23.5. The summed E-state index contributed by atoms with van der Waals surface area (Å²) in [7, 11) is 1.56. The summed E-state index contributed by atoms with van der Waals surface area (Å²) in [5.74, 6) is 0.116. The molecule has 1 fully saturated rings. The van der Waals surface area contributed by atoms with E-state index >= 15 is 0 Å². The second-order valence-electron chi connectivity index (χ2n) is 3.25. The van der Waals surface area contributed by atoms with Crippen LogP contribution in [0.5, 0.6) is 0 Å². The fraction of sp³-hybridized carbons (Fsp3) is 0.889. The third-order valence-electron chi connectivity index (χ3n) is 2.01. The van der Waals surface area contributed by atoms with Gasteiger partial charge in [0.25, 0.3) is 5.91 Å². The smallest absolute Gasteiger partial charge is 0.251 e. The third kappa shape index (κ3) is 4.34. The van der Waals surface area contributed by atoms with Crippen molar-refractivity contribution >= 4 is 17.5 Å². The van der Waals surface area contributed by atoms with Crippen molar-refractivity contribution in [3.63, 3.8) is 0 Å². The molecule has 0 aromatic carbocycles. The molecule has 1 heterocycles. The minimum absolute atomic E-state index is 0.185. The molecule has 1 rings (SSSR count). The third-order valence-corrected chi connectivity index (χ3v) is 2.38. The topological polar surface area (TPSA) is 56.8 Å². The molecule has 0 aromatic heterocycles. The first-order chi connectivity index (χ1) is 7.27. The van der Waals surface area contributed by atoms with Crippen LogP contribution in [0.3, 0.4) is 0 Å². The standard InChI is InChI=1S/C9H16ClNO4/c1-13-5-7(4-10)11-9(12)8-6-14-2-3-15-8/h7-8H,2-6H2,1H3,(H,11,12). The van der Waals surface area contributed by atoms with Gasteiger partial charge in [-0.2, -0.15) is 0 Å². The Morgan fingerprint density at radius 1 is 1.67 bits per heavy atom. The average Bonchev–Trinajstić information content (AvgIpc) is 2.29. The molecule has 0 aromatic rings. The monoisotopic (exact) mass is 237 g/mol. The SMILES string of the molecule is COCC(CCl)NC(=O)C1COCCO1. The first kappa shape index (κ1) is 12.7. The summed E-state index contributed by atoms with van der Waals surface area (Å²) >= 11 is 5.66. The molecule has 6 heteroatoms. The Hall–Kier alpha value is -0.360. The number of carbonyl (C=O) groups excluding carboxylic acids is 1. The second kappa shape index (κ2) is 7.00. The van der Waals surface area contributed by atoms with Gasteiger partial charge in [-0.05, 0) is 0 Å². The van der Waals surface area contributed by atoms with Crippen molar-refractivity contribution in [2.45, 2.75) is 12.1 Å². The van der Waals surface area contributed by atoms with Crippen molar-refractivity contribution in [1.29, 1.82) is 0 Å². The number of rotatable bonds is 5. The predicted molar refractivity (Wildman–Crippen MR) is 55.1 cm³/mol. The van der Waals surface area contributed by atoms with Gasteiger partial charge in [0.15, 0.2) is 6.10 Å². The van der Waals surface area contributed by atoms with Crippen LogP contribution in [-0.4, -0.2) is 57.5 Å². The summed E-state index contributed by atoms with van der Waals surface area (Å²) in [6, 6.07) is -0.185. The van der Waals surface area contributed by atoms with Crippen LogP contribution in [0.2, 0.25) is 0 Å². The van der Waals surface area contributed by atoms with Crippen molar-refractivity contribution in [2.24, 2.45) is 0 Å². The van der Waals surface area contributed by atoms with Crippen LogP contribution in [0.4, 0.5) is 0 Å². The zero-order valence-electron chi connectivity index (χ0n) is 8.70. The van der Waals surface area contributed by atoms with E-state index in [-0.39, 0.29) is 11.9 Å². The zero-order valence-corrected chi connectivity index (χ0v) is 9.46. The van der Waals surface area contributed by atoms with Crippen LogP contribution < -0.4 is 5.32 Å². The molecule has 0 saturated carbocycles. The van der Waals surface area contributed by atoms with E-state index in [0.717, 1.165) is 0 Å². The van der Waals surface area contributed by atoms with Crippen molar-refractivity contribution in [1.82, 2.24) is 5.32 Å². The Labute approximate surface area is 94.0 Å². The zero-order chi connectivity index (χ0) is 11.1. The van der Waals surface area contributed by atoms with Crippen molar-refractivity contribution in [2.75, 3.05) is 39.4 Å². The fourth-order valence-electron chi connectivity index (χ4n) is 1.26. The van der Waals surface area contributed by atoms with Crippen LogP contribution in [0.15, 0.2) is 0 Å². The highest BCUT2D eigenvalue weighted by molar-refractivity contribution is 6.18. The van der Waals surface area contributed by atoms with Crippen LogP contribution in [0.25, 0.3) is 0 Å². The predicted octanol–water partition coefficient (Wildman–Crippen LogP) is -0.228. The van der Waals surface area contributed by atoms with Crippen molar-refractivity contribution < 1.29 is 19.0 Å². The molecule has 0 radical (unpaired) electrons. The highest BCUT2D eigenvalue weighted by Gasteiger charge is 2.24. The van der Waals surface area contributed by atoms with Gasteiger partial charge < -0.3 is 19.5 Å². The maximum Gasteiger partial charge on any atom is 0.251 e. The molecule has 2 unspecified atom stereocenters. The van der Waals surface area contributed by atoms with Gasteiger partial charge >= 0.3 is 0 Å². The van der Waals surface area contributed by atoms with E-state index in [1.165, 1.54) is 0 Å². The van der Waals surface area contributed by atoms with Crippen molar-refractivity contribution in [3.8, 4) is 0 Å². The van der Waals surface area contributed by atoms with Gasteiger partial charge in [-0.3, -0.25) is 4.79 Å². The van der Waals surface area contributed by atoms with Gasteiger partial charge in [-0.15, -0.1) is 11.6 Å². The van der Waals surface area contributed by atoms with E-state index in [2.05, 4.69) is 5.32 Å². The lowest BCUT2D eigenvalue weighted by molar-refractivity contribution is -0.148. The quantitative estimate of drug-likeness (QED) is 0.672. The number of hydrogen-bond acceptors (Lipinski definition) is 4. The van der Waals surface area contributed by atoms with E-state index in [0.29, 0.717) is 32.3 Å². The first-order valence-electron chi connectivity index (χ1n) is 4.82. The lowest BCUT2D eigenvalue weighted by atomic mass is 10.3. The first-order valence-corrected chi connectivity index (χ1v) is 5.36. The summed E-state index contributed by atoms with van der Waals surface area (Å²) in [6.07, 6.45) is -0.527. The Morgan fingerprint density at radius 3 is 3.00 bits per heavy atom. The largest absolute Gasteiger partial charge is 0.383 e. The average molecular weight is 238 g/mol. The number of hydrogen-bond donors (Lipinski definition) is 1. The van der Waals surface area contributed by atoms with E-state index < -0.39 is 6.10 Å². The van der Waals surface area contributed by atoms with Crippen LogP contribution >= 0.6 is 11.6 Å². The minimum atomic E-state index is -0.527. The van der Waals surface area contributed by atoms with E-state index in [4.69, 9.17) is 25.8 Å². The Morgan fingerprint density at radius 2 is 2.47 bits per heavy atom. The van der Waals surface area contributed by atoms with Crippen LogP contribution in [0.1, 0.15) is 0 Å². The summed E-state index contributed by atoms with van der Waals surface area (Å²) in [6.45, 7) is 1.69. The minimum Gasteiger partial charge on any atom is -0.383 e. The number of alkyl halides is 1. The molecule has 15 heavy (non-hydrogen) atoms. The van der Waals surface area contributed by atoms with Gasteiger partial charge in [0.1, 0.15) is 0 Å². The Kier molecular flexibility index (Phi) is 5.93. The maximum absolute atomic E-state index is 11.6. The number of carbonyl (C=O) groups is 1. The molecule has 5 nitrogen and oxygen atoms in total. The van der Waals surface area contributed by atoms with Gasteiger partial charge in [0, 0.05) is 13.0 Å². The molecule has 1 saturated heterocycles. The number of amides is 1. The van der Waals surface area contributed by atoms with E-state index in [1.807, 2.05) is 0 Å². The maximum atomic E-state index is 11.6. The summed E-state index contributed by atoms with van der Waals surface area (Å²) in [5, 5.41) is 2.74. The van der Waals surface area contributed by atoms with Crippen molar-refractivity contribution in [3.05, 3.63) is 0 Å². The van der Waals surface area contributed by atoms with E-state index in [1.54, 1.807) is 7.11 Å². The molecule has 1 amide bonds. The second-order valence-corrected chi connectivity index (χ2v) is 3.56. The lowest BCUT2D eigenvalue weighted by Crippen LogP contribution is -2.48. The molecule has 0 aliphatic carbocycles. The summed E-state index contributed by atoms with van der Waals surface area (Å²) < 4.78 is 15.3. The number of methoxy groups -OCH3 is 1. The highest BCUT2D eigenvalue weighted by atomic mass is 35.5. The number of nitrogens with one attached hydrogen (secondary N) is 1. The molecular weight excluding hydrogens is 222 g/mol. The molecule has 2 atom stereocenters. The number of halogens is 1. The Balaban J connectivity index is 2.31. The molecule has 1 N–H and O–H groups in total. The molecule has 1 aliphatic heterocycles. The molecule has 88 valence electrons. The summed E-state index contributed by atoms with van der Waals surface area (Å²) in [5.41, 5.74) is 0. The van der Waals surface area contributed by atoms with Crippen LogP contribution in [0, 0.1) is 0 Å². The molecular formula is C9H16ClNO4. The highest BCUT2D eigenvalue weighted by Crippen LogP contribution is 2.01. The fourth-order valence-corrected chi connectivity index (χ4v) is 1.43. The van der Waals surface area contributed by atoms with Gasteiger partial charge in [-0.25, -0.2) is 0 Å². The van der Waals surface area contributed by atoms with E-state index in [9.17, 15) is 4.79 Å². The summed E-state index contributed by atoms with van der Waals surface area (Å²) in [4.78, 5) is 11.6. The number of ether oxygens (including phenoxy) is 3. The Bertz CT molecular complexity index is 197. The molecule has 1 aliphatic rings. The molecule has 0 bridgehead atoms. The molecule has 0 spiro atoms.